The number of carboxylic acids is 1. The van der Waals surface area contributed by atoms with Gasteiger partial charge in [-0.2, -0.15) is 0 Å². The first-order valence-electron chi connectivity index (χ1n) is 14.7. The monoisotopic (exact) mass is 706 g/mol. The first-order chi connectivity index (χ1) is 19.8. The Morgan fingerprint density at radius 3 is 1.67 bits per heavy atom. The van der Waals surface area contributed by atoms with Crippen LogP contribution in [0.25, 0.3) is 11.1 Å². The maximum atomic E-state index is 12.4. The average Bonchev–Trinajstić information content (AvgIpc) is 3.19. The number of carbonyl (C=O) groups excluding carboxylic acids is 1. The second-order valence-electron chi connectivity index (χ2n) is 13.2. The Bertz CT molecular complexity index is 1350. The van der Waals surface area contributed by atoms with Crippen LogP contribution in [0, 0.1) is 0 Å². The molecule has 0 bridgehead atoms. The first-order valence-corrected chi connectivity index (χ1v) is 14.7. The van der Waals surface area contributed by atoms with Crippen LogP contribution in [0.15, 0.2) is 54.6 Å². The number of hydrogen-bond acceptors (Lipinski definition) is 6. The Morgan fingerprint density at radius 1 is 0.721 bits per heavy atom. The van der Waals surface area contributed by atoms with E-state index in [1.807, 2.05) is 6.07 Å². The molecule has 0 spiro atoms. The van der Waals surface area contributed by atoms with Gasteiger partial charge in [0.25, 0.3) is 0 Å². The number of rotatable bonds is 12. The van der Waals surface area contributed by atoms with E-state index < -0.39 is 11.4 Å². The van der Waals surface area contributed by atoms with Gasteiger partial charge in [0.15, 0.2) is 0 Å². The van der Waals surface area contributed by atoms with Crippen LogP contribution in [-0.4, -0.2) is 52.7 Å². The molecule has 3 aromatic carbocycles. The number of methoxy groups -OCH3 is 1. The summed E-state index contributed by atoms with van der Waals surface area (Å²) >= 11 is 0. The summed E-state index contributed by atoms with van der Waals surface area (Å²) in [6.07, 6.45) is 0. The van der Waals surface area contributed by atoms with E-state index in [0.29, 0.717) is 33.0 Å². The van der Waals surface area contributed by atoms with Crippen molar-refractivity contribution in [3.05, 3.63) is 88.0 Å². The molecule has 226 valence electrons. The second-order valence-corrected chi connectivity index (χ2v) is 13.2. The number of carbonyl (C=O) groups is 1. The summed E-state index contributed by atoms with van der Waals surface area (Å²) in [5.41, 5.74) is 7.47. The third-order valence-corrected chi connectivity index (χ3v) is 8.20. The summed E-state index contributed by atoms with van der Waals surface area (Å²) < 4.78 is 21.7. The van der Waals surface area contributed by atoms with Crippen LogP contribution in [0.1, 0.15) is 86.6 Å². The molecule has 0 aliphatic heterocycles. The van der Waals surface area contributed by atoms with Gasteiger partial charge in [0.1, 0.15) is 12.4 Å². The SMILES string of the molecule is COCCOCCOCCOc1ccc(C2(C)c3cc(C(C)(C)C)ccc3-c3ccc(C(C)(C)C)cc32)cc1C(=O)[O-].[Cs+]. The normalized spacial score (nSPS) is 13.7. The third-order valence-electron chi connectivity index (χ3n) is 8.20. The molecule has 0 amide bonds. The maximum absolute atomic E-state index is 12.4. The van der Waals surface area contributed by atoms with E-state index in [4.69, 9.17) is 18.9 Å². The standard InChI is InChI=1S/C36H46O6.Cs/c1-34(2,3)24-9-12-27-28-13-10-25(35(4,5)6)23-31(28)36(7,30(27)22-24)26-11-14-32(29(21-26)33(37)38)42-20-19-41-18-17-40-16-15-39-8;/h9-14,21-23H,15-20H2,1-8H3,(H,37,38);/q;+1/p-1. The molecule has 6 nitrogen and oxygen atoms in total. The van der Waals surface area contributed by atoms with Crippen molar-refractivity contribution >= 4 is 5.97 Å². The molecule has 0 saturated heterocycles. The largest absolute Gasteiger partial charge is 1.00 e. The molecule has 4 rings (SSSR count). The molecule has 0 N–H and O–H groups in total. The van der Waals surface area contributed by atoms with E-state index in [2.05, 4.69) is 84.9 Å². The van der Waals surface area contributed by atoms with E-state index in [9.17, 15) is 9.90 Å². The van der Waals surface area contributed by atoms with Gasteiger partial charge >= 0.3 is 68.9 Å². The molecule has 0 saturated carbocycles. The topological polar surface area (TPSA) is 77.0 Å². The van der Waals surface area contributed by atoms with Crippen molar-refractivity contribution in [2.24, 2.45) is 0 Å². The van der Waals surface area contributed by atoms with Crippen molar-refractivity contribution < 1.29 is 97.7 Å². The van der Waals surface area contributed by atoms with E-state index >= 15 is 0 Å². The predicted octanol–water partition coefficient (Wildman–Crippen LogP) is 3.04. The van der Waals surface area contributed by atoms with Gasteiger partial charge < -0.3 is 28.8 Å². The summed E-state index contributed by atoms with van der Waals surface area (Å²) in [7, 11) is 1.63. The zero-order valence-electron chi connectivity index (χ0n) is 27.4. The summed E-state index contributed by atoms with van der Waals surface area (Å²) in [6, 6.07) is 18.9. The van der Waals surface area contributed by atoms with Crippen LogP contribution in [0.3, 0.4) is 0 Å². The zero-order chi connectivity index (χ0) is 30.7. The van der Waals surface area contributed by atoms with Crippen LogP contribution < -0.4 is 78.7 Å². The van der Waals surface area contributed by atoms with Crippen LogP contribution in [0.2, 0.25) is 0 Å². The molecule has 0 unspecified atom stereocenters. The molecule has 0 heterocycles. The predicted molar refractivity (Wildman–Crippen MR) is 165 cm³/mol. The van der Waals surface area contributed by atoms with Crippen molar-refractivity contribution in [1.29, 1.82) is 0 Å². The van der Waals surface area contributed by atoms with Crippen LogP contribution in [0.5, 0.6) is 5.75 Å². The van der Waals surface area contributed by atoms with Crippen LogP contribution in [0.4, 0.5) is 0 Å². The summed E-state index contributed by atoms with van der Waals surface area (Å²) in [5, 5.41) is 12.4. The van der Waals surface area contributed by atoms with Gasteiger partial charge in [0.2, 0.25) is 0 Å². The second kappa shape index (κ2) is 15.0. The van der Waals surface area contributed by atoms with Crippen molar-refractivity contribution in [3.8, 4) is 16.9 Å². The van der Waals surface area contributed by atoms with Gasteiger partial charge in [-0.15, -0.1) is 0 Å². The fourth-order valence-electron chi connectivity index (χ4n) is 5.58. The minimum atomic E-state index is -1.27. The molecule has 3 aromatic rings. The van der Waals surface area contributed by atoms with Gasteiger partial charge in [0, 0.05) is 18.1 Å². The van der Waals surface area contributed by atoms with Crippen LogP contribution >= 0.6 is 0 Å². The molecule has 1 aliphatic rings. The summed E-state index contributed by atoms with van der Waals surface area (Å²) in [6.45, 7) is 17.9. The van der Waals surface area contributed by atoms with Crippen molar-refractivity contribution in [2.75, 3.05) is 46.8 Å². The minimum absolute atomic E-state index is 0. The van der Waals surface area contributed by atoms with E-state index in [1.165, 1.54) is 33.4 Å². The Kier molecular flexibility index (Phi) is 12.6. The van der Waals surface area contributed by atoms with E-state index in [-0.39, 0.29) is 97.6 Å². The average molecular weight is 707 g/mol. The molecule has 0 fully saturated rings. The molecule has 0 atom stereocenters. The maximum Gasteiger partial charge on any atom is 1.00 e. The molecular weight excluding hydrogens is 661 g/mol. The summed E-state index contributed by atoms with van der Waals surface area (Å²) in [4.78, 5) is 12.4. The molecular formula is C36H45CsO6. The number of carboxylic acid groups (broad SMARTS) is 1. The fourth-order valence-corrected chi connectivity index (χ4v) is 5.58. The van der Waals surface area contributed by atoms with Crippen molar-refractivity contribution in [2.45, 2.75) is 64.7 Å². The van der Waals surface area contributed by atoms with Gasteiger partial charge in [-0.3, -0.25) is 0 Å². The molecule has 0 aromatic heterocycles. The Morgan fingerprint density at radius 2 is 1.21 bits per heavy atom. The fraction of sp³-hybridized carbons (Fsp3) is 0.472. The number of ether oxygens (including phenoxy) is 4. The van der Waals surface area contributed by atoms with Crippen molar-refractivity contribution in [1.82, 2.24) is 0 Å². The van der Waals surface area contributed by atoms with Gasteiger partial charge in [-0.1, -0.05) is 84.0 Å². The van der Waals surface area contributed by atoms with Crippen molar-refractivity contribution in [3.63, 3.8) is 0 Å². The Balaban J connectivity index is 0.00000506. The zero-order valence-corrected chi connectivity index (χ0v) is 33.7. The Labute approximate surface area is 316 Å². The molecule has 0 radical (unpaired) electrons. The minimum Gasteiger partial charge on any atom is -0.545 e. The Hall–Kier alpha value is -1.14. The smallest absolute Gasteiger partial charge is 0.545 e. The number of hydrogen-bond donors (Lipinski definition) is 0. The molecule has 1 aliphatic carbocycles. The van der Waals surface area contributed by atoms with Gasteiger partial charge in [-0.05, 0) is 68.8 Å². The van der Waals surface area contributed by atoms with Crippen LogP contribution in [-0.2, 0) is 30.5 Å². The number of fused-ring (bicyclic) bond motifs is 3. The quantitative estimate of drug-likeness (QED) is 0.270. The number of benzene rings is 3. The third kappa shape index (κ3) is 8.18. The summed E-state index contributed by atoms with van der Waals surface area (Å²) in [5.74, 6) is -0.999. The molecule has 7 heteroatoms. The van der Waals surface area contributed by atoms with E-state index in [1.54, 1.807) is 19.2 Å². The van der Waals surface area contributed by atoms with Gasteiger partial charge in [0.05, 0.1) is 39.0 Å². The van der Waals surface area contributed by atoms with Gasteiger partial charge in [-0.25, -0.2) is 0 Å². The molecule has 43 heavy (non-hydrogen) atoms. The number of aromatic carboxylic acids is 1. The first kappa shape index (κ1) is 36.3. The van der Waals surface area contributed by atoms with E-state index in [0.717, 1.165) is 5.56 Å².